The number of hydrogen-bond donors (Lipinski definition) is 0. The van der Waals surface area contributed by atoms with Crippen molar-refractivity contribution in [3.63, 3.8) is 0 Å². The minimum atomic E-state index is -0.134. The van der Waals surface area contributed by atoms with Crippen LogP contribution in [0.4, 0.5) is 0 Å². The maximum absolute atomic E-state index is 7.27. The van der Waals surface area contributed by atoms with Crippen molar-refractivity contribution in [2.75, 3.05) is 0 Å². The molecule has 0 amide bonds. The number of rotatable bonds is 5. The van der Waals surface area contributed by atoms with Gasteiger partial charge in [-0.1, -0.05) is 172 Å². The molecule has 0 saturated carbocycles. The molecule has 0 bridgehead atoms. The summed E-state index contributed by atoms with van der Waals surface area (Å²) in [7, 11) is 0. The summed E-state index contributed by atoms with van der Waals surface area (Å²) in [5.74, 6) is 1.80. The van der Waals surface area contributed by atoms with Gasteiger partial charge < -0.3 is 27.6 Å². The molecule has 0 N–H and O–H groups in total. The Morgan fingerprint density at radius 1 is 0.281 bits per heavy atom. The van der Waals surface area contributed by atoms with Gasteiger partial charge in [-0.25, -0.2) is 0 Å². The number of fused-ring (bicyclic) bond motifs is 19. The molecular weight excluding hydrogens is 1080 g/mol. The third kappa shape index (κ3) is 6.71. The van der Waals surface area contributed by atoms with Crippen LogP contribution in [-0.2, 0) is 5.41 Å². The number of ether oxygens (including phenoxy) is 1. The molecule has 5 aromatic heterocycles. The largest absolute Gasteiger partial charge is 0.458 e. The second-order valence-corrected chi connectivity index (χ2v) is 25.6. The summed E-state index contributed by atoms with van der Waals surface area (Å²) in [5, 5.41) is 12.2. The molecule has 20 rings (SSSR count). The molecule has 0 spiro atoms. The Hall–Kier alpha value is -11.3. The Labute approximate surface area is 512 Å². The van der Waals surface area contributed by atoms with E-state index in [9.17, 15) is 0 Å². The molecule has 0 unspecified atom stereocenters. The smallest absolute Gasteiger partial charge is 0.256 e. The summed E-state index contributed by atoms with van der Waals surface area (Å²) < 4.78 is 19.7. The van der Waals surface area contributed by atoms with Gasteiger partial charge in [-0.05, 0) is 160 Å². The SMILES string of the molecule is CC(C)(C)c1ccc2c(c1)B1c3c(cc(-c4ccccc4)cc3-n3c4ccc(-n5c6ccccc6c6cc(-n7c8ccccc8c8ccccc87)ccc65)cc4c4cc(-n5c6ccccc6c6cc(-n7c8ccccc8c8ccccc87)ccc65)cc1c43)O2. The zero-order valence-electron chi connectivity index (χ0n) is 49.2. The molecule has 416 valence electrons. The molecule has 2 aliphatic rings. The lowest BCUT2D eigenvalue weighted by Gasteiger charge is -2.35. The molecule has 7 heteroatoms. The van der Waals surface area contributed by atoms with Gasteiger partial charge in [0.2, 0.25) is 0 Å². The van der Waals surface area contributed by atoms with Crippen LogP contribution in [-0.4, -0.2) is 29.5 Å². The highest BCUT2D eigenvalue weighted by atomic mass is 16.5. The first-order valence-corrected chi connectivity index (χ1v) is 31.0. The van der Waals surface area contributed by atoms with Crippen LogP contribution in [0, 0.1) is 0 Å². The predicted octanol–water partition coefficient (Wildman–Crippen LogP) is 19.1. The van der Waals surface area contributed by atoms with E-state index in [-0.39, 0.29) is 12.1 Å². The molecule has 89 heavy (non-hydrogen) atoms. The van der Waals surface area contributed by atoms with E-state index in [1.807, 2.05) is 0 Å². The first-order valence-electron chi connectivity index (χ1n) is 31.0. The second kappa shape index (κ2) is 17.7. The lowest BCUT2D eigenvalue weighted by Crippen LogP contribution is -2.58. The maximum atomic E-state index is 7.27. The van der Waals surface area contributed by atoms with Crippen LogP contribution in [0.1, 0.15) is 26.3 Å². The predicted molar refractivity (Wildman–Crippen MR) is 373 cm³/mol. The van der Waals surface area contributed by atoms with E-state index < -0.39 is 0 Å². The van der Waals surface area contributed by atoms with Gasteiger partial charge in [0.1, 0.15) is 11.5 Å². The summed E-state index contributed by atoms with van der Waals surface area (Å²) in [6.07, 6.45) is 0. The fourth-order valence-corrected chi connectivity index (χ4v) is 15.9. The summed E-state index contributed by atoms with van der Waals surface area (Å²) in [6.45, 7) is 6.81. The second-order valence-electron chi connectivity index (χ2n) is 25.6. The van der Waals surface area contributed by atoms with E-state index >= 15 is 0 Å². The summed E-state index contributed by atoms with van der Waals surface area (Å²) in [4.78, 5) is 0. The van der Waals surface area contributed by atoms with Gasteiger partial charge in [0.15, 0.2) is 0 Å². The molecule has 0 saturated heterocycles. The first kappa shape index (κ1) is 48.9. The standard InChI is InChI=1S/C82H54BN5O/c1-82(2,3)51-33-40-78-66(43-51)83-67-48-55(87-73-32-18-12-26-61(73)63-45-53(35-38-75(63)87)85-70-29-15-9-23-58(70)59-24-10-16-30-71(59)85)47-65-64-46-54(36-39-76(64)88(81(65)67)77-41-50(42-79(89-78)80(77)83)49-19-5-4-6-20-49)86-72-31-17-11-25-60(72)62-44-52(34-37-74(62)86)84-68-27-13-7-21-56(68)57-22-8-14-28-69(57)84/h4-48H,1-3H3. The van der Waals surface area contributed by atoms with E-state index in [1.165, 1.54) is 103 Å². The Bertz CT molecular complexity index is 6030. The van der Waals surface area contributed by atoms with Crippen molar-refractivity contribution in [2.24, 2.45) is 0 Å². The fraction of sp³-hybridized carbons (Fsp3) is 0.0488. The quantitative estimate of drug-likeness (QED) is 0.158. The third-order valence-corrected chi connectivity index (χ3v) is 19.8. The van der Waals surface area contributed by atoms with Crippen molar-refractivity contribution >= 4 is 132 Å². The lowest BCUT2D eigenvalue weighted by molar-refractivity contribution is 0.486. The van der Waals surface area contributed by atoms with Crippen molar-refractivity contribution in [1.82, 2.24) is 22.8 Å². The van der Waals surface area contributed by atoms with Crippen LogP contribution in [0.15, 0.2) is 273 Å². The normalized spacial score (nSPS) is 13.0. The van der Waals surface area contributed by atoms with Crippen LogP contribution in [0.2, 0.25) is 0 Å². The van der Waals surface area contributed by atoms with Crippen molar-refractivity contribution in [3.05, 3.63) is 279 Å². The van der Waals surface area contributed by atoms with E-state index in [4.69, 9.17) is 4.74 Å². The third-order valence-electron chi connectivity index (χ3n) is 19.8. The van der Waals surface area contributed by atoms with Gasteiger partial charge >= 0.3 is 0 Å². The molecule has 0 radical (unpaired) electrons. The molecule has 18 aromatic rings. The average molecular weight is 1140 g/mol. The van der Waals surface area contributed by atoms with Crippen LogP contribution < -0.4 is 21.1 Å². The Morgan fingerprint density at radius 3 is 1.15 bits per heavy atom. The van der Waals surface area contributed by atoms with E-state index in [0.29, 0.717) is 0 Å². The maximum Gasteiger partial charge on any atom is 0.256 e. The molecule has 13 aromatic carbocycles. The molecule has 2 aliphatic heterocycles. The van der Waals surface area contributed by atoms with Gasteiger partial charge in [-0.3, -0.25) is 0 Å². The van der Waals surface area contributed by atoms with Gasteiger partial charge in [0.05, 0.1) is 49.7 Å². The number of benzene rings is 13. The zero-order chi connectivity index (χ0) is 58.5. The fourth-order valence-electron chi connectivity index (χ4n) is 15.9. The molecule has 0 atom stereocenters. The van der Waals surface area contributed by atoms with Crippen LogP contribution in [0.5, 0.6) is 11.5 Å². The topological polar surface area (TPSA) is 33.9 Å². The number of hydrogen-bond acceptors (Lipinski definition) is 1. The molecule has 6 nitrogen and oxygen atoms in total. The molecule has 0 fully saturated rings. The van der Waals surface area contributed by atoms with Crippen LogP contribution >= 0.6 is 0 Å². The van der Waals surface area contributed by atoms with E-state index in [0.717, 1.165) is 78.6 Å². The summed E-state index contributed by atoms with van der Waals surface area (Å²) >= 11 is 0. The Kier molecular flexibility index (Phi) is 9.72. The summed E-state index contributed by atoms with van der Waals surface area (Å²) in [5.41, 5.74) is 24.6. The van der Waals surface area contributed by atoms with E-state index in [2.05, 4.69) is 317 Å². The van der Waals surface area contributed by atoms with Gasteiger partial charge in [-0.15, -0.1) is 0 Å². The highest BCUT2D eigenvalue weighted by Crippen LogP contribution is 2.45. The first-order chi connectivity index (χ1) is 43.8. The van der Waals surface area contributed by atoms with Crippen LogP contribution in [0.25, 0.3) is 149 Å². The van der Waals surface area contributed by atoms with Crippen molar-refractivity contribution in [3.8, 4) is 51.1 Å². The van der Waals surface area contributed by atoms with Crippen molar-refractivity contribution in [1.29, 1.82) is 0 Å². The van der Waals surface area contributed by atoms with Gasteiger partial charge in [-0.2, -0.15) is 0 Å². The number of nitrogens with zero attached hydrogens (tertiary/aromatic N) is 5. The minimum Gasteiger partial charge on any atom is -0.458 e. The zero-order valence-corrected chi connectivity index (χ0v) is 49.2. The average Bonchev–Trinajstić information content (AvgIpc) is 1.63. The molecule has 7 heterocycles. The Morgan fingerprint density at radius 2 is 0.674 bits per heavy atom. The van der Waals surface area contributed by atoms with Gasteiger partial charge in [0.25, 0.3) is 6.71 Å². The number of para-hydroxylation sites is 6. The van der Waals surface area contributed by atoms with E-state index in [1.54, 1.807) is 0 Å². The molecule has 0 aliphatic carbocycles. The Balaban J connectivity index is 0.875. The monoisotopic (exact) mass is 1140 g/mol. The van der Waals surface area contributed by atoms with Crippen molar-refractivity contribution < 1.29 is 4.74 Å². The summed E-state index contributed by atoms with van der Waals surface area (Å²) in [6, 6.07) is 102. The number of aromatic nitrogens is 5. The molecular formula is C82H54BN5O. The highest BCUT2D eigenvalue weighted by Gasteiger charge is 2.42. The highest BCUT2D eigenvalue weighted by molar-refractivity contribution is 6.99. The van der Waals surface area contributed by atoms with Crippen LogP contribution in [0.3, 0.4) is 0 Å². The lowest BCUT2D eigenvalue weighted by atomic mass is 9.34. The van der Waals surface area contributed by atoms with Gasteiger partial charge in [0, 0.05) is 87.8 Å². The minimum absolute atomic E-state index is 0.0904. The van der Waals surface area contributed by atoms with Crippen molar-refractivity contribution in [2.45, 2.75) is 26.2 Å².